The highest BCUT2D eigenvalue weighted by Crippen LogP contribution is 2.41. The van der Waals surface area contributed by atoms with Gasteiger partial charge in [0.1, 0.15) is 5.67 Å². The van der Waals surface area contributed by atoms with Crippen molar-refractivity contribution in [2.45, 2.75) is 238 Å². The van der Waals surface area contributed by atoms with E-state index in [1.807, 2.05) is 13.8 Å². The number of alkyl halides is 1. The van der Waals surface area contributed by atoms with E-state index < -0.39 is 5.67 Å². The Balaban J connectivity index is -0.000000620. The zero-order valence-electron chi connectivity index (χ0n) is 40.7. The molecule has 3 saturated carbocycles. The summed E-state index contributed by atoms with van der Waals surface area (Å²) in [6.07, 6.45) is 31.2. The first-order valence-electron chi connectivity index (χ1n) is 24.7. The maximum absolute atomic E-state index is 13.0. The molecule has 0 unspecified atom stereocenters. The van der Waals surface area contributed by atoms with Crippen LogP contribution in [0.15, 0.2) is 11.6 Å². The molecule has 4 heteroatoms. The van der Waals surface area contributed by atoms with Crippen LogP contribution in [-0.2, 0) is 0 Å². The van der Waals surface area contributed by atoms with Gasteiger partial charge in [0.15, 0.2) is 0 Å². The monoisotopic (exact) mass is 843 g/mol. The van der Waals surface area contributed by atoms with E-state index in [1.165, 1.54) is 142 Å². The number of rotatable bonds is 6. The lowest BCUT2D eigenvalue weighted by Crippen LogP contribution is -2.37. The van der Waals surface area contributed by atoms with Gasteiger partial charge in [0.25, 0.3) is 0 Å². The predicted octanol–water partition coefficient (Wildman–Crippen LogP) is 17.8. The lowest BCUT2D eigenvalue weighted by Gasteiger charge is -2.37. The van der Waals surface area contributed by atoms with E-state index >= 15 is 0 Å². The first kappa shape index (κ1) is 62.2. The zero-order valence-corrected chi connectivity index (χ0v) is 41.5. The van der Waals surface area contributed by atoms with Crippen LogP contribution in [-0.4, -0.2) is 55.7 Å². The molecule has 6 aliphatic rings. The third-order valence-corrected chi connectivity index (χ3v) is 14.9. The molecule has 352 valence electrons. The standard InChI is InChI=1S/2C9H19N.2C9H18.C9H16.C7H13F.2CH4.ClH/c2*1-8(2)9-4-6-10(3)7-5-9;3*1-8(2)9-6-4-3-5-7-9;1-6(2)7(8)4-3-5-7;;;/h2*8-9H,4-7H2,1-3H3;2*8-9H,3-7H2,1-2H3;6,8H,3-5,7H2,1-2H3;6H,3-5H2,1-2H3;2*1H4;1H. The number of likely N-dealkylation sites (tertiary alicyclic amines) is 2. The van der Waals surface area contributed by atoms with Crippen LogP contribution in [0.3, 0.4) is 0 Å². The first-order valence-corrected chi connectivity index (χ1v) is 24.7. The third kappa shape index (κ3) is 27.7. The Morgan fingerprint density at radius 2 is 0.810 bits per heavy atom. The highest BCUT2D eigenvalue weighted by atomic mass is 35.5. The lowest BCUT2D eigenvalue weighted by molar-refractivity contribution is 0.0145. The number of allylic oxidation sites excluding steroid dienone is 2. The summed E-state index contributed by atoms with van der Waals surface area (Å²) in [5, 5.41) is 0. The molecule has 0 aromatic rings. The Labute approximate surface area is 374 Å². The van der Waals surface area contributed by atoms with Crippen molar-refractivity contribution in [3.63, 3.8) is 0 Å². The van der Waals surface area contributed by atoms with Crippen LogP contribution in [0.4, 0.5) is 4.39 Å². The number of hydrogen-bond donors (Lipinski definition) is 0. The van der Waals surface area contributed by atoms with Gasteiger partial charge in [-0.25, -0.2) is 4.39 Å². The molecule has 2 aliphatic heterocycles. The fourth-order valence-electron chi connectivity index (χ4n) is 9.47. The third-order valence-electron chi connectivity index (χ3n) is 14.9. The summed E-state index contributed by atoms with van der Waals surface area (Å²) in [6, 6.07) is 0. The normalized spacial score (nSPS) is 22.1. The molecule has 0 spiro atoms. The Morgan fingerprint density at radius 1 is 0.483 bits per heavy atom. The van der Waals surface area contributed by atoms with Gasteiger partial charge in [-0.1, -0.05) is 174 Å². The number of halogens is 2. The molecule has 0 N–H and O–H groups in total. The number of piperidine rings is 2. The SMILES string of the molecule is C.C.CC(C)C1(F)CCC1.CC(C)C1=CCCCC1.CC(C)C1CCCCC1.CC(C)C1CCCCC1.CC(C)C1CCN(C)CC1.CC(C)C1CCN(C)CC1.Cl. The minimum Gasteiger partial charge on any atom is -0.306 e. The van der Waals surface area contributed by atoms with Gasteiger partial charge in [-0.05, 0) is 170 Å². The minimum absolute atomic E-state index is 0. The average Bonchev–Trinajstić information content (AvgIpc) is 3.16. The lowest BCUT2D eigenvalue weighted by atomic mass is 9.74. The van der Waals surface area contributed by atoms with Gasteiger partial charge in [0.05, 0.1) is 0 Å². The van der Waals surface area contributed by atoms with Crippen LogP contribution < -0.4 is 0 Å². The molecule has 2 saturated heterocycles. The van der Waals surface area contributed by atoms with E-state index in [0.717, 1.165) is 72.5 Å². The van der Waals surface area contributed by atoms with E-state index in [2.05, 4.69) is 99.2 Å². The van der Waals surface area contributed by atoms with Gasteiger partial charge < -0.3 is 9.80 Å². The second kappa shape index (κ2) is 35.4. The number of hydrogen-bond acceptors (Lipinski definition) is 2. The highest BCUT2D eigenvalue weighted by Gasteiger charge is 2.39. The molecule has 5 fully saturated rings. The van der Waals surface area contributed by atoms with Gasteiger partial charge in [-0.3, -0.25) is 0 Å². The Hall–Kier alpha value is -0.120. The van der Waals surface area contributed by atoms with Crippen LogP contribution in [0.25, 0.3) is 0 Å². The van der Waals surface area contributed by atoms with Crippen molar-refractivity contribution in [2.24, 2.45) is 59.2 Å². The summed E-state index contributed by atoms with van der Waals surface area (Å²) in [6.45, 7) is 32.5. The second-order valence-corrected chi connectivity index (χ2v) is 21.3. The van der Waals surface area contributed by atoms with Crippen molar-refractivity contribution < 1.29 is 4.39 Å². The van der Waals surface area contributed by atoms with Gasteiger partial charge in [0.2, 0.25) is 0 Å². The molecule has 6 rings (SSSR count). The molecule has 2 heterocycles. The van der Waals surface area contributed by atoms with Crippen LogP contribution in [0.2, 0.25) is 0 Å². The Kier molecular flexibility index (Phi) is 37.9. The molecule has 0 atom stereocenters. The number of nitrogens with zero attached hydrogens (tertiary/aromatic N) is 2. The average molecular weight is 844 g/mol. The largest absolute Gasteiger partial charge is 0.306 e. The fraction of sp³-hybridized carbons (Fsp3) is 0.963. The van der Waals surface area contributed by atoms with E-state index in [0.29, 0.717) is 0 Å². The molecule has 0 amide bonds. The molecule has 0 bridgehead atoms. The van der Waals surface area contributed by atoms with E-state index in [9.17, 15) is 4.39 Å². The second-order valence-electron chi connectivity index (χ2n) is 21.3. The topological polar surface area (TPSA) is 6.48 Å². The van der Waals surface area contributed by atoms with E-state index in [-0.39, 0.29) is 33.2 Å². The van der Waals surface area contributed by atoms with Crippen LogP contribution >= 0.6 is 12.4 Å². The molecule has 0 aromatic heterocycles. The van der Waals surface area contributed by atoms with Crippen molar-refractivity contribution in [1.29, 1.82) is 0 Å². The Morgan fingerprint density at radius 3 is 0.983 bits per heavy atom. The summed E-state index contributed by atoms with van der Waals surface area (Å²) in [7, 11) is 4.44. The molecule has 0 aromatic carbocycles. The summed E-state index contributed by atoms with van der Waals surface area (Å²) in [5.41, 5.74) is 0.904. The van der Waals surface area contributed by atoms with E-state index in [4.69, 9.17) is 0 Å². The van der Waals surface area contributed by atoms with Gasteiger partial charge in [-0.2, -0.15) is 0 Å². The summed E-state index contributed by atoms with van der Waals surface area (Å²) in [5.74, 6) is 8.80. The van der Waals surface area contributed by atoms with Crippen molar-refractivity contribution in [1.82, 2.24) is 9.80 Å². The maximum Gasteiger partial charge on any atom is 0.113 e. The predicted molar refractivity (Wildman–Crippen MR) is 268 cm³/mol. The van der Waals surface area contributed by atoms with Crippen LogP contribution in [0.5, 0.6) is 0 Å². The molecule has 58 heavy (non-hydrogen) atoms. The fourth-order valence-corrected chi connectivity index (χ4v) is 9.47. The molecular weight excluding hydrogens is 731 g/mol. The van der Waals surface area contributed by atoms with Gasteiger partial charge >= 0.3 is 0 Å². The minimum atomic E-state index is -0.778. The van der Waals surface area contributed by atoms with Crippen molar-refractivity contribution in [3.05, 3.63) is 11.6 Å². The maximum atomic E-state index is 13.0. The molecular formula is C54H112ClFN2. The van der Waals surface area contributed by atoms with Crippen molar-refractivity contribution in [2.75, 3.05) is 40.3 Å². The van der Waals surface area contributed by atoms with Crippen LogP contribution in [0.1, 0.15) is 233 Å². The van der Waals surface area contributed by atoms with Crippen LogP contribution in [0, 0.1) is 59.2 Å². The van der Waals surface area contributed by atoms with E-state index in [1.54, 1.807) is 5.57 Å². The molecule has 0 radical (unpaired) electrons. The summed E-state index contributed by atoms with van der Waals surface area (Å²) < 4.78 is 13.0. The first-order chi connectivity index (χ1) is 26.0. The highest BCUT2D eigenvalue weighted by molar-refractivity contribution is 5.85. The smallest absolute Gasteiger partial charge is 0.113 e. The van der Waals surface area contributed by atoms with Crippen molar-refractivity contribution in [3.8, 4) is 0 Å². The summed E-state index contributed by atoms with van der Waals surface area (Å²) >= 11 is 0. The molecule has 4 aliphatic carbocycles. The quantitative estimate of drug-likeness (QED) is 0.246. The van der Waals surface area contributed by atoms with Gasteiger partial charge in [-0.15, -0.1) is 12.4 Å². The Bertz CT molecular complexity index is 861. The molecule has 2 nitrogen and oxygen atoms in total. The summed E-state index contributed by atoms with van der Waals surface area (Å²) in [4.78, 5) is 4.86. The van der Waals surface area contributed by atoms with Crippen molar-refractivity contribution >= 4 is 12.4 Å². The van der Waals surface area contributed by atoms with Gasteiger partial charge in [0, 0.05) is 0 Å². The zero-order chi connectivity index (χ0) is 41.4.